The van der Waals surface area contributed by atoms with Crippen LogP contribution in [0, 0.1) is 0 Å². The highest BCUT2D eigenvalue weighted by molar-refractivity contribution is 5.98. The van der Waals surface area contributed by atoms with Gasteiger partial charge in [0.2, 0.25) is 0 Å². The fourth-order valence-corrected chi connectivity index (χ4v) is 2.30. The molecule has 7 nitrogen and oxygen atoms in total. The van der Waals surface area contributed by atoms with Crippen molar-refractivity contribution in [1.29, 1.82) is 0 Å². The Morgan fingerprint density at radius 3 is 2.34 bits per heavy atom. The lowest BCUT2D eigenvalue weighted by Gasteiger charge is -2.13. The Kier molecular flexibility index (Phi) is 7.18. The molecule has 2 amide bonds. The Morgan fingerprint density at radius 1 is 1.00 bits per heavy atom. The molecule has 0 fully saturated rings. The van der Waals surface area contributed by atoms with Gasteiger partial charge in [0.15, 0.2) is 6.61 Å². The second kappa shape index (κ2) is 9.58. The van der Waals surface area contributed by atoms with E-state index in [2.05, 4.69) is 10.1 Å². The standard InChI is InChI=1S/C19H17F3N2O5/c1-28-15-9-5-2-6-12(15)18(27)23-10-17(26)29-11-16(25)24-14-8-4-3-7-13(14)19(20,21)22/h2-9H,10-11H2,1H3,(H,23,27)(H,24,25). The van der Waals surface area contributed by atoms with E-state index >= 15 is 0 Å². The maximum Gasteiger partial charge on any atom is 0.418 e. The van der Waals surface area contributed by atoms with Crippen molar-refractivity contribution >= 4 is 23.5 Å². The number of alkyl halides is 3. The van der Waals surface area contributed by atoms with Gasteiger partial charge in [0, 0.05) is 0 Å². The fourth-order valence-electron chi connectivity index (χ4n) is 2.30. The number of para-hydroxylation sites is 2. The van der Waals surface area contributed by atoms with Crippen LogP contribution in [0.4, 0.5) is 18.9 Å². The number of halogens is 3. The molecule has 29 heavy (non-hydrogen) atoms. The number of hydrogen-bond donors (Lipinski definition) is 2. The van der Waals surface area contributed by atoms with E-state index < -0.39 is 48.4 Å². The van der Waals surface area contributed by atoms with E-state index in [0.717, 1.165) is 12.1 Å². The summed E-state index contributed by atoms with van der Waals surface area (Å²) in [5.74, 6) is -2.18. The summed E-state index contributed by atoms with van der Waals surface area (Å²) < 4.78 is 48.4. The zero-order chi connectivity index (χ0) is 21.4. The minimum Gasteiger partial charge on any atom is -0.496 e. The van der Waals surface area contributed by atoms with Crippen LogP contribution in [0.1, 0.15) is 15.9 Å². The van der Waals surface area contributed by atoms with Crippen LogP contribution < -0.4 is 15.4 Å². The maximum atomic E-state index is 12.9. The number of hydrogen-bond acceptors (Lipinski definition) is 5. The first-order chi connectivity index (χ1) is 13.7. The van der Waals surface area contributed by atoms with Crippen LogP contribution in [0.3, 0.4) is 0 Å². The molecular weight excluding hydrogens is 393 g/mol. The van der Waals surface area contributed by atoms with Crippen molar-refractivity contribution in [3.8, 4) is 5.75 Å². The van der Waals surface area contributed by atoms with Crippen LogP contribution in [0.15, 0.2) is 48.5 Å². The van der Waals surface area contributed by atoms with Gasteiger partial charge in [0.25, 0.3) is 11.8 Å². The molecule has 2 aromatic rings. The molecule has 0 aliphatic rings. The lowest BCUT2D eigenvalue weighted by Crippen LogP contribution is -2.32. The quantitative estimate of drug-likeness (QED) is 0.685. The van der Waals surface area contributed by atoms with Crippen molar-refractivity contribution in [2.45, 2.75) is 6.18 Å². The van der Waals surface area contributed by atoms with Crippen molar-refractivity contribution in [3.63, 3.8) is 0 Å². The molecule has 2 rings (SSSR count). The normalized spacial score (nSPS) is 10.8. The second-order valence-corrected chi connectivity index (χ2v) is 5.64. The molecule has 0 saturated carbocycles. The van der Waals surface area contributed by atoms with Gasteiger partial charge in [-0.15, -0.1) is 0 Å². The van der Waals surface area contributed by atoms with E-state index in [0.29, 0.717) is 5.75 Å². The van der Waals surface area contributed by atoms with E-state index in [4.69, 9.17) is 4.74 Å². The van der Waals surface area contributed by atoms with Crippen molar-refractivity contribution in [1.82, 2.24) is 5.32 Å². The van der Waals surface area contributed by atoms with Crippen LogP contribution in [-0.2, 0) is 20.5 Å². The number of carbonyl (C=O) groups is 3. The third kappa shape index (κ3) is 6.23. The van der Waals surface area contributed by atoms with E-state index in [1.165, 1.54) is 25.3 Å². The number of esters is 1. The van der Waals surface area contributed by atoms with Crippen molar-refractivity contribution < 1.29 is 37.0 Å². The summed E-state index contributed by atoms with van der Waals surface area (Å²) in [6.45, 7) is -1.35. The summed E-state index contributed by atoms with van der Waals surface area (Å²) in [4.78, 5) is 35.5. The third-order valence-electron chi connectivity index (χ3n) is 3.62. The highest BCUT2D eigenvalue weighted by atomic mass is 19.4. The molecule has 0 bridgehead atoms. The lowest BCUT2D eigenvalue weighted by molar-refractivity contribution is -0.146. The number of rotatable bonds is 7. The predicted molar refractivity (Wildman–Crippen MR) is 96.4 cm³/mol. The molecule has 10 heteroatoms. The predicted octanol–water partition coefficient (Wildman–Crippen LogP) is 2.63. The molecule has 0 saturated heterocycles. The summed E-state index contributed by atoms with van der Waals surface area (Å²) in [6.07, 6.45) is -4.65. The minimum atomic E-state index is -4.65. The Labute approximate surface area is 163 Å². The number of amides is 2. The highest BCUT2D eigenvalue weighted by Crippen LogP contribution is 2.34. The lowest BCUT2D eigenvalue weighted by atomic mass is 10.1. The number of benzene rings is 2. The van der Waals surface area contributed by atoms with Gasteiger partial charge in [-0.05, 0) is 24.3 Å². The maximum absolute atomic E-state index is 12.9. The number of nitrogens with one attached hydrogen (secondary N) is 2. The SMILES string of the molecule is COc1ccccc1C(=O)NCC(=O)OCC(=O)Nc1ccccc1C(F)(F)F. The molecule has 0 heterocycles. The van der Waals surface area contributed by atoms with Gasteiger partial charge in [-0.2, -0.15) is 13.2 Å². The van der Waals surface area contributed by atoms with Gasteiger partial charge < -0.3 is 20.1 Å². The van der Waals surface area contributed by atoms with Crippen molar-refractivity contribution in [2.75, 3.05) is 25.6 Å². The van der Waals surface area contributed by atoms with Gasteiger partial charge in [0.05, 0.1) is 23.9 Å². The molecule has 0 unspecified atom stereocenters. The molecule has 0 aliphatic heterocycles. The molecular formula is C19H17F3N2O5. The third-order valence-corrected chi connectivity index (χ3v) is 3.62. The molecule has 154 valence electrons. The van der Waals surface area contributed by atoms with Crippen molar-refractivity contribution in [2.24, 2.45) is 0 Å². The zero-order valence-electron chi connectivity index (χ0n) is 15.2. The summed E-state index contributed by atoms with van der Waals surface area (Å²) in [7, 11) is 1.38. The summed E-state index contributed by atoms with van der Waals surface area (Å²) in [5.41, 5.74) is -1.28. The summed E-state index contributed by atoms with van der Waals surface area (Å²) in [6, 6.07) is 10.7. The average Bonchev–Trinajstić information content (AvgIpc) is 2.70. The van der Waals surface area contributed by atoms with Gasteiger partial charge in [-0.1, -0.05) is 24.3 Å². The van der Waals surface area contributed by atoms with Gasteiger partial charge >= 0.3 is 12.1 Å². The van der Waals surface area contributed by atoms with Gasteiger partial charge in [-0.3, -0.25) is 14.4 Å². The average molecular weight is 410 g/mol. The van der Waals surface area contributed by atoms with Crippen LogP contribution in [0.2, 0.25) is 0 Å². The van der Waals surface area contributed by atoms with E-state index in [1.54, 1.807) is 18.2 Å². The first-order valence-electron chi connectivity index (χ1n) is 8.25. The Balaban J connectivity index is 1.84. The monoisotopic (exact) mass is 410 g/mol. The van der Waals surface area contributed by atoms with Crippen molar-refractivity contribution in [3.05, 3.63) is 59.7 Å². The van der Waals surface area contributed by atoms with Crippen LogP contribution in [-0.4, -0.2) is 38.0 Å². The highest BCUT2D eigenvalue weighted by Gasteiger charge is 2.33. The summed E-state index contributed by atoms with van der Waals surface area (Å²) >= 11 is 0. The number of ether oxygens (including phenoxy) is 2. The topological polar surface area (TPSA) is 93.7 Å². The molecule has 2 N–H and O–H groups in total. The van der Waals surface area contributed by atoms with Gasteiger partial charge in [0.1, 0.15) is 12.3 Å². The largest absolute Gasteiger partial charge is 0.496 e. The molecule has 0 spiro atoms. The zero-order valence-corrected chi connectivity index (χ0v) is 15.2. The molecule has 0 aromatic heterocycles. The number of methoxy groups -OCH3 is 1. The summed E-state index contributed by atoms with van der Waals surface area (Å²) in [5, 5.41) is 4.34. The van der Waals surface area contributed by atoms with Crippen LogP contribution in [0.25, 0.3) is 0 Å². The molecule has 0 radical (unpaired) electrons. The Morgan fingerprint density at radius 2 is 1.66 bits per heavy atom. The van der Waals surface area contributed by atoms with Crippen LogP contribution >= 0.6 is 0 Å². The number of carbonyl (C=O) groups excluding carboxylic acids is 3. The first kappa shape index (κ1) is 21.7. The minimum absolute atomic E-state index is 0.198. The van der Waals surface area contributed by atoms with E-state index in [-0.39, 0.29) is 5.56 Å². The Bertz CT molecular complexity index is 899. The molecule has 2 aromatic carbocycles. The van der Waals surface area contributed by atoms with Gasteiger partial charge in [-0.25, -0.2) is 0 Å². The Hall–Kier alpha value is -3.56. The van der Waals surface area contributed by atoms with Crippen LogP contribution in [0.5, 0.6) is 5.75 Å². The first-order valence-corrected chi connectivity index (χ1v) is 8.25. The fraction of sp³-hybridized carbons (Fsp3) is 0.211. The van der Waals surface area contributed by atoms with E-state index in [9.17, 15) is 27.6 Å². The van der Waals surface area contributed by atoms with E-state index in [1.807, 2.05) is 5.32 Å². The molecule has 0 aliphatic carbocycles. The second-order valence-electron chi connectivity index (χ2n) is 5.64. The number of anilines is 1. The molecule has 0 atom stereocenters. The smallest absolute Gasteiger partial charge is 0.418 e.